The first-order chi connectivity index (χ1) is 18.7. The maximum absolute atomic E-state index is 13.2. The number of phenols is 1. The molecule has 0 bridgehead atoms. The van der Waals surface area contributed by atoms with E-state index in [1.54, 1.807) is 13.8 Å². The van der Waals surface area contributed by atoms with Crippen LogP contribution in [0, 0.1) is 5.92 Å². The fourth-order valence-electron chi connectivity index (χ4n) is 3.58. The Morgan fingerprint density at radius 2 is 1.45 bits per heavy atom. The molecular weight excluding hydrogens is 526 g/mol. The Kier molecular flexibility index (Phi) is 13.9. The molecule has 0 aliphatic rings. The number of nitrogens with two attached hydrogens (primary N) is 3. The van der Waals surface area contributed by atoms with Crippen molar-refractivity contribution in [3.05, 3.63) is 29.8 Å². The number of aliphatic carboxylic acids is 2. The summed E-state index contributed by atoms with van der Waals surface area (Å²) >= 11 is 0. The van der Waals surface area contributed by atoms with E-state index in [1.165, 1.54) is 24.3 Å². The van der Waals surface area contributed by atoms with Crippen LogP contribution in [0.1, 0.15) is 45.1 Å². The van der Waals surface area contributed by atoms with Crippen LogP contribution >= 0.6 is 0 Å². The lowest BCUT2D eigenvalue weighted by Crippen LogP contribution is -2.58. The average molecular weight is 566 g/mol. The Bertz CT molecular complexity index is 1060. The van der Waals surface area contributed by atoms with E-state index in [-0.39, 0.29) is 37.5 Å². The number of amides is 3. The molecule has 0 fully saturated rings. The van der Waals surface area contributed by atoms with Crippen LogP contribution in [-0.4, -0.2) is 81.7 Å². The van der Waals surface area contributed by atoms with Crippen molar-refractivity contribution >= 4 is 35.6 Å². The number of phenolic OH excluding ortho intramolecular Hbond substituents is 1. The Morgan fingerprint density at radius 1 is 0.875 bits per heavy atom. The van der Waals surface area contributed by atoms with E-state index in [2.05, 4.69) is 20.9 Å². The lowest BCUT2D eigenvalue weighted by molar-refractivity contribution is -0.143. The topological polar surface area (TPSA) is 273 Å². The number of hydrogen-bond donors (Lipinski definition) is 9. The zero-order valence-electron chi connectivity index (χ0n) is 22.5. The normalized spacial score (nSPS) is 13.8. The van der Waals surface area contributed by atoms with Gasteiger partial charge in [-0.1, -0.05) is 26.0 Å². The van der Waals surface area contributed by atoms with Crippen molar-refractivity contribution in [3.8, 4) is 5.75 Å². The molecule has 222 valence electrons. The Labute approximate surface area is 231 Å². The molecule has 1 aromatic carbocycles. The van der Waals surface area contributed by atoms with Gasteiger partial charge in [0.1, 0.15) is 23.9 Å². The molecular formula is C25H39N7O8. The Hall–Kier alpha value is -4.40. The van der Waals surface area contributed by atoms with E-state index in [1.807, 2.05) is 0 Å². The quantitative estimate of drug-likeness (QED) is 0.0587. The van der Waals surface area contributed by atoms with Gasteiger partial charge in [-0.15, -0.1) is 0 Å². The number of benzene rings is 1. The Balaban J connectivity index is 3.11. The summed E-state index contributed by atoms with van der Waals surface area (Å²) in [5, 5.41) is 35.5. The summed E-state index contributed by atoms with van der Waals surface area (Å²) < 4.78 is 0. The first-order valence-corrected chi connectivity index (χ1v) is 12.7. The van der Waals surface area contributed by atoms with Gasteiger partial charge < -0.3 is 48.5 Å². The molecule has 0 spiro atoms. The van der Waals surface area contributed by atoms with Gasteiger partial charge in [-0.25, -0.2) is 4.79 Å². The third-order valence-corrected chi connectivity index (χ3v) is 5.82. The molecule has 40 heavy (non-hydrogen) atoms. The predicted molar refractivity (Wildman–Crippen MR) is 145 cm³/mol. The molecule has 0 aliphatic carbocycles. The number of carbonyl (C=O) groups is 5. The molecule has 4 unspecified atom stereocenters. The summed E-state index contributed by atoms with van der Waals surface area (Å²) in [5.41, 5.74) is 16.9. The van der Waals surface area contributed by atoms with E-state index in [4.69, 9.17) is 22.3 Å². The highest BCUT2D eigenvalue weighted by Gasteiger charge is 2.31. The first kappa shape index (κ1) is 33.6. The zero-order valence-corrected chi connectivity index (χ0v) is 22.5. The van der Waals surface area contributed by atoms with Gasteiger partial charge >= 0.3 is 11.9 Å². The molecule has 0 heterocycles. The maximum atomic E-state index is 13.2. The maximum Gasteiger partial charge on any atom is 0.326 e. The van der Waals surface area contributed by atoms with Crippen molar-refractivity contribution < 1.29 is 39.3 Å². The molecule has 15 heteroatoms. The van der Waals surface area contributed by atoms with Gasteiger partial charge in [0.2, 0.25) is 17.7 Å². The smallest absolute Gasteiger partial charge is 0.326 e. The number of aromatic hydroxyl groups is 1. The van der Waals surface area contributed by atoms with E-state index < -0.39 is 66.2 Å². The second-order valence-corrected chi connectivity index (χ2v) is 9.55. The lowest BCUT2D eigenvalue weighted by Gasteiger charge is -2.26. The molecule has 0 aliphatic heterocycles. The molecule has 3 amide bonds. The van der Waals surface area contributed by atoms with Crippen LogP contribution in [0.3, 0.4) is 0 Å². The van der Waals surface area contributed by atoms with Crippen LogP contribution in [-0.2, 0) is 30.4 Å². The number of guanidine groups is 1. The number of aliphatic imine (C=N–C) groups is 1. The van der Waals surface area contributed by atoms with Crippen LogP contribution in [0.5, 0.6) is 5.75 Å². The summed E-state index contributed by atoms with van der Waals surface area (Å²) in [7, 11) is 0. The van der Waals surface area contributed by atoms with Crippen LogP contribution < -0.4 is 33.2 Å². The minimum atomic E-state index is -1.36. The van der Waals surface area contributed by atoms with E-state index in [9.17, 15) is 34.2 Å². The van der Waals surface area contributed by atoms with Crippen molar-refractivity contribution in [2.45, 2.75) is 70.1 Å². The number of hydrogen-bond acceptors (Lipinski definition) is 8. The standard InChI is InChI=1S/C25H39N7O8/c1-13(2)20(24(39)40)32-23(38)18(12-14-5-7-15(33)8-6-14)31-22(37)17(9-10-19(34)35)30-21(36)16(26)4-3-11-29-25(27)28/h5-8,13,16-18,20,33H,3-4,9-12,26H2,1-2H3,(H,30,36)(H,31,37)(H,32,38)(H,34,35)(H,39,40)(H4,27,28,29). The highest BCUT2D eigenvalue weighted by Crippen LogP contribution is 2.13. The van der Waals surface area contributed by atoms with E-state index >= 15 is 0 Å². The number of rotatable bonds is 17. The monoisotopic (exact) mass is 565 g/mol. The molecule has 0 radical (unpaired) electrons. The second-order valence-electron chi connectivity index (χ2n) is 9.55. The van der Waals surface area contributed by atoms with Gasteiger partial charge in [-0.05, 0) is 42.9 Å². The largest absolute Gasteiger partial charge is 0.508 e. The van der Waals surface area contributed by atoms with Crippen molar-refractivity contribution in [2.75, 3.05) is 6.54 Å². The van der Waals surface area contributed by atoms with Gasteiger partial charge in [0, 0.05) is 19.4 Å². The highest BCUT2D eigenvalue weighted by atomic mass is 16.4. The van der Waals surface area contributed by atoms with Crippen molar-refractivity contribution in [3.63, 3.8) is 0 Å². The van der Waals surface area contributed by atoms with Crippen LogP contribution in [0.4, 0.5) is 0 Å². The summed E-state index contributed by atoms with van der Waals surface area (Å²) in [4.78, 5) is 65.6. The van der Waals surface area contributed by atoms with Gasteiger partial charge in [-0.2, -0.15) is 0 Å². The molecule has 12 N–H and O–H groups in total. The predicted octanol–water partition coefficient (Wildman–Crippen LogP) is -1.62. The minimum absolute atomic E-state index is 0.0226. The molecule has 4 atom stereocenters. The van der Waals surface area contributed by atoms with Crippen molar-refractivity contribution in [1.29, 1.82) is 0 Å². The molecule has 1 aromatic rings. The average Bonchev–Trinajstić information content (AvgIpc) is 2.87. The van der Waals surface area contributed by atoms with Crippen LogP contribution in [0.15, 0.2) is 29.3 Å². The first-order valence-electron chi connectivity index (χ1n) is 12.7. The third-order valence-electron chi connectivity index (χ3n) is 5.82. The van der Waals surface area contributed by atoms with Gasteiger partial charge in [0.05, 0.1) is 6.04 Å². The van der Waals surface area contributed by atoms with E-state index in [0.717, 1.165) is 0 Å². The summed E-state index contributed by atoms with van der Waals surface area (Å²) in [6.07, 6.45) is -0.319. The SMILES string of the molecule is CC(C)C(NC(=O)C(Cc1ccc(O)cc1)NC(=O)C(CCC(=O)O)NC(=O)C(N)CCCN=C(N)N)C(=O)O. The summed E-state index contributed by atoms with van der Waals surface area (Å²) in [5.74, 6) is -5.47. The molecule has 15 nitrogen and oxygen atoms in total. The molecule has 0 saturated heterocycles. The van der Waals surface area contributed by atoms with Gasteiger partial charge in [-0.3, -0.25) is 24.2 Å². The summed E-state index contributed by atoms with van der Waals surface area (Å²) in [6, 6.07) is 0.848. The number of carboxylic acid groups (broad SMARTS) is 2. The molecule has 0 aromatic heterocycles. The fourth-order valence-corrected chi connectivity index (χ4v) is 3.58. The third kappa shape index (κ3) is 12.4. The minimum Gasteiger partial charge on any atom is -0.508 e. The Morgan fingerprint density at radius 3 is 1.98 bits per heavy atom. The number of nitrogens with one attached hydrogen (secondary N) is 3. The number of carbonyl (C=O) groups excluding carboxylic acids is 3. The molecule has 0 saturated carbocycles. The van der Waals surface area contributed by atoms with Crippen LogP contribution in [0.25, 0.3) is 0 Å². The highest BCUT2D eigenvalue weighted by molar-refractivity contribution is 5.94. The number of nitrogens with zero attached hydrogens (tertiary/aromatic N) is 1. The molecule has 1 rings (SSSR count). The second kappa shape index (κ2) is 16.5. The summed E-state index contributed by atoms with van der Waals surface area (Å²) in [6.45, 7) is 3.43. The van der Waals surface area contributed by atoms with Gasteiger partial charge in [0.25, 0.3) is 0 Å². The van der Waals surface area contributed by atoms with E-state index in [0.29, 0.717) is 12.0 Å². The van der Waals surface area contributed by atoms with Gasteiger partial charge in [0.15, 0.2) is 5.96 Å². The van der Waals surface area contributed by atoms with Crippen molar-refractivity contribution in [1.82, 2.24) is 16.0 Å². The van der Waals surface area contributed by atoms with Crippen molar-refractivity contribution in [2.24, 2.45) is 28.1 Å². The number of carboxylic acids is 2. The lowest BCUT2D eigenvalue weighted by atomic mass is 10.0. The fraction of sp³-hybridized carbons (Fsp3) is 0.520. The van der Waals surface area contributed by atoms with Crippen LogP contribution in [0.2, 0.25) is 0 Å². The zero-order chi connectivity index (χ0) is 30.4.